The first kappa shape index (κ1) is 13.2. The van der Waals surface area contributed by atoms with Crippen molar-refractivity contribution in [2.45, 2.75) is 32.4 Å². The molecule has 2 amide bonds. The molecule has 1 N–H and O–H groups in total. The fraction of sp³-hybridized carbons (Fsp3) is 0.800. The fourth-order valence-corrected chi connectivity index (χ4v) is 2.37. The highest BCUT2D eigenvalue weighted by Crippen LogP contribution is 2.10. The summed E-state index contributed by atoms with van der Waals surface area (Å²) in [6.45, 7) is 3.67. The van der Waals surface area contributed by atoms with Crippen molar-refractivity contribution < 1.29 is 13.8 Å². The second-order valence-corrected chi connectivity index (χ2v) is 5.72. The van der Waals surface area contributed by atoms with E-state index in [1.807, 2.05) is 6.92 Å². The molecule has 0 saturated carbocycles. The maximum absolute atomic E-state index is 11.8. The molecule has 0 aromatic rings. The Morgan fingerprint density at radius 3 is 2.75 bits per heavy atom. The average Bonchev–Trinajstić information content (AvgIpc) is 2.19. The Bertz CT molecular complexity index is 319. The van der Waals surface area contributed by atoms with Crippen LogP contribution in [0, 0.1) is 0 Å². The normalized spacial score (nSPS) is 25.2. The predicted molar refractivity (Wildman–Crippen MR) is 62.3 cm³/mol. The number of piperazine rings is 1. The van der Waals surface area contributed by atoms with Crippen molar-refractivity contribution >= 4 is 22.6 Å². The van der Waals surface area contributed by atoms with E-state index in [2.05, 4.69) is 5.32 Å². The lowest BCUT2D eigenvalue weighted by molar-refractivity contribution is -0.145. The molecule has 6 heteroatoms. The largest absolute Gasteiger partial charge is 0.343 e. The summed E-state index contributed by atoms with van der Waals surface area (Å²) in [5.74, 6) is 0.367. The smallest absolute Gasteiger partial charge is 0.245 e. The Labute approximate surface area is 98.0 Å². The SMILES string of the molecule is CC1NC(=O)CN(C(C)CCS(C)=O)C1=O. The van der Waals surface area contributed by atoms with Gasteiger partial charge in [-0.05, 0) is 20.3 Å². The Morgan fingerprint density at radius 1 is 1.56 bits per heavy atom. The Balaban J connectivity index is 2.59. The second kappa shape index (κ2) is 5.43. The van der Waals surface area contributed by atoms with Crippen LogP contribution >= 0.6 is 0 Å². The van der Waals surface area contributed by atoms with Crippen molar-refractivity contribution in [3.05, 3.63) is 0 Å². The van der Waals surface area contributed by atoms with Gasteiger partial charge in [-0.3, -0.25) is 13.8 Å². The van der Waals surface area contributed by atoms with E-state index in [9.17, 15) is 13.8 Å². The van der Waals surface area contributed by atoms with Crippen molar-refractivity contribution in [1.82, 2.24) is 10.2 Å². The number of rotatable bonds is 4. The lowest BCUT2D eigenvalue weighted by atomic mass is 10.1. The summed E-state index contributed by atoms with van der Waals surface area (Å²) < 4.78 is 11.0. The molecular formula is C10H18N2O3S. The van der Waals surface area contributed by atoms with Gasteiger partial charge in [0.2, 0.25) is 11.8 Å². The molecule has 0 aromatic carbocycles. The van der Waals surface area contributed by atoms with Crippen LogP contribution in [0.3, 0.4) is 0 Å². The zero-order valence-corrected chi connectivity index (χ0v) is 10.7. The van der Waals surface area contributed by atoms with Gasteiger partial charge in [0.15, 0.2) is 0 Å². The van der Waals surface area contributed by atoms with Gasteiger partial charge < -0.3 is 10.2 Å². The fourth-order valence-electron chi connectivity index (χ4n) is 1.70. The molecule has 3 atom stereocenters. The predicted octanol–water partition coefficient (Wildman–Crippen LogP) is -0.510. The third kappa shape index (κ3) is 3.30. The topological polar surface area (TPSA) is 66.5 Å². The van der Waals surface area contributed by atoms with Crippen LogP contribution in [0.4, 0.5) is 0 Å². The highest BCUT2D eigenvalue weighted by molar-refractivity contribution is 7.84. The number of amides is 2. The Hall–Kier alpha value is -0.910. The maximum atomic E-state index is 11.8. The van der Waals surface area contributed by atoms with Crippen LogP contribution in [0.15, 0.2) is 0 Å². The standard InChI is InChI=1S/C10H18N2O3S/c1-7(4-5-16(3)15)12-6-9(13)11-8(2)10(12)14/h7-8H,4-6H2,1-3H3,(H,11,13). The highest BCUT2D eigenvalue weighted by Gasteiger charge is 2.32. The molecule has 5 nitrogen and oxygen atoms in total. The van der Waals surface area contributed by atoms with E-state index in [4.69, 9.17) is 0 Å². The van der Waals surface area contributed by atoms with Crippen LogP contribution in [-0.2, 0) is 20.4 Å². The summed E-state index contributed by atoms with van der Waals surface area (Å²) in [6.07, 6.45) is 2.30. The van der Waals surface area contributed by atoms with E-state index in [0.717, 1.165) is 0 Å². The van der Waals surface area contributed by atoms with E-state index >= 15 is 0 Å². The van der Waals surface area contributed by atoms with Gasteiger partial charge in [0.05, 0.1) is 6.54 Å². The molecule has 0 aliphatic carbocycles. The van der Waals surface area contributed by atoms with E-state index < -0.39 is 16.8 Å². The zero-order valence-electron chi connectivity index (χ0n) is 9.86. The Morgan fingerprint density at radius 2 is 2.19 bits per heavy atom. The van der Waals surface area contributed by atoms with Crippen LogP contribution in [-0.4, -0.2) is 51.6 Å². The minimum atomic E-state index is -0.858. The summed E-state index contributed by atoms with van der Waals surface area (Å²) in [4.78, 5) is 24.7. The number of nitrogens with one attached hydrogen (secondary N) is 1. The van der Waals surface area contributed by atoms with Gasteiger partial charge in [-0.25, -0.2) is 0 Å². The molecule has 1 rings (SSSR count). The average molecular weight is 246 g/mol. The van der Waals surface area contributed by atoms with Gasteiger partial charge in [0, 0.05) is 28.9 Å². The van der Waals surface area contributed by atoms with Crippen LogP contribution < -0.4 is 5.32 Å². The quantitative estimate of drug-likeness (QED) is 0.726. The van der Waals surface area contributed by atoms with Gasteiger partial charge in [0.1, 0.15) is 6.04 Å². The zero-order chi connectivity index (χ0) is 12.3. The van der Waals surface area contributed by atoms with Crippen molar-refractivity contribution in [3.8, 4) is 0 Å². The summed E-state index contributed by atoms with van der Waals surface area (Å²) in [7, 11) is -0.858. The van der Waals surface area contributed by atoms with Crippen molar-refractivity contribution in [2.75, 3.05) is 18.6 Å². The molecule has 16 heavy (non-hydrogen) atoms. The first-order chi connectivity index (χ1) is 7.41. The lowest BCUT2D eigenvalue weighted by Crippen LogP contribution is -2.59. The van der Waals surface area contributed by atoms with Crippen LogP contribution in [0.25, 0.3) is 0 Å². The van der Waals surface area contributed by atoms with E-state index in [-0.39, 0.29) is 24.4 Å². The lowest BCUT2D eigenvalue weighted by Gasteiger charge is -2.35. The van der Waals surface area contributed by atoms with E-state index in [1.165, 1.54) is 0 Å². The minimum Gasteiger partial charge on any atom is -0.343 e. The van der Waals surface area contributed by atoms with E-state index in [0.29, 0.717) is 12.2 Å². The summed E-state index contributed by atoms with van der Waals surface area (Å²) in [5, 5.41) is 2.59. The molecule has 0 aromatic heterocycles. The number of nitrogens with zero attached hydrogens (tertiary/aromatic N) is 1. The van der Waals surface area contributed by atoms with Gasteiger partial charge >= 0.3 is 0 Å². The Kier molecular flexibility index (Phi) is 4.46. The van der Waals surface area contributed by atoms with Crippen LogP contribution in [0.1, 0.15) is 20.3 Å². The molecule has 1 aliphatic heterocycles. The molecular weight excluding hydrogens is 228 g/mol. The third-order valence-electron chi connectivity index (χ3n) is 2.70. The van der Waals surface area contributed by atoms with Gasteiger partial charge in [0.25, 0.3) is 0 Å². The first-order valence-corrected chi connectivity index (χ1v) is 7.04. The molecule has 0 radical (unpaired) electrons. The molecule has 0 bridgehead atoms. The van der Waals surface area contributed by atoms with Crippen molar-refractivity contribution in [2.24, 2.45) is 0 Å². The summed E-state index contributed by atoms with van der Waals surface area (Å²) in [5.41, 5.74) is 0. The first-order valence-electron chi connectivity index (χ1n) is 5.31. The van der Waals surface area contributed by atoms with Gasteiger partial charge in [-0.15, -0.1) is 0 Å². The number of carbonyl (C=O) groups is 2. The van der Waals surface area contributed by atoms with Crippen molar-refractivity contribution in [3.63, 3.8) is 0 Å². The molecule has 0 spiro atoms. The number of hydrogen-bond donors (Lipinski definition) is 1. The monoisotopic (exact) mass is 246 g/mol. The highest BCUT2D eigenvalue weighted by atomic mass is 32.2. The molecule has 1 aliphatic rings. The third-order valence-corrected chi connectivity index (χ3v) is 3.51. The second-order valence-electron chi connectivity index (χ2n) is 4.17. The van der Waals surface area contributed by atoms with Gasteiger partial charge in [-0.1, -0.05) is 0 Å². The maximum Gasteiger partial charge on any atom is 0.245 e. The van der Waals surface area contributed by atoms with Crippen LogP contribution in [0.2, 0.25) is 0 Å². The van der Waals surface area contributed by atoms with Crippen LogP contribution in [0.5, 0.6) is 0 Å². The summed E-state index contributed by atoms with van der Waals surface area (Å²) >= 11 is 0. The minimum absolute atomic E-state index is 0.0371. The van der Waals surface area contributed by atoms with Gasteiger partial charge in [-0.2, -0.15) is 0 Å². The molecule has 1 heterocycles. The molecule has 3 unspecified atom stereocenters. The van der Waals surface area contributed by atoms with E-state index in [1.54, 1.807) is 18.1 Å². The molecule has 1 saturated heterocycles. The summed E-state index contributed by atoms with van der Waals surface area (Å²) in [6, 6.07) is -0.485. The molecule has 1 fully saturated rings. The molecule has 92 valence electrons. The van der Waals surface area contributed by atoms with Crippen molar-refractivity contribution in [1.29, 1.82) is 0 Å². The number of hydrogen-bond acceptors (Lipinski definition) is 3. The number of carbonyl (C=O) groups excluding carboxylic acids is 2.